The summed E-state index contributed by atoms with van der Waals surface area (Å²) in [5.74, 6) is 0. The quantitative estimate of drug-likeness (QED) is 0.795. The molecule has 0 spiro atoms. The number of anilines is 2. The summed E-state index contributed by atoms with van der Waals surface area (Å²) in [5, 5.41) is 15.1. The summed E-state index contributed by atoms with van der Waals surface area (Å²) in [4.78, 5) is 13.8. The molecule has 0 aliphatic rings. The predicted molar refractivity (Wildman–Crippen MR) is 79.1 cm³/mol. The van der Waals surface area contributed by atoms with Crippen LogP contribution in [0.25, 0.3) is 0 Å². The van der Waals surface area contributed by atoms with E-state index in [9.17, 15) is 4.79 Å². The molecule has 1 rings (SSSR count). The summed E-state index contributed by atoms with van der Waals surface area (Å²) in [6.45, 7) is 3.32. The Morgan fingerprint density at radius 1 is 1.42 bits per heavy atom. The third kappa shape index (κ3) is 4.61. The molecule has 0 saturated carbocycles. The maximum atomic E-state index is 11.9. The molecule has 1 aromatic rings. The summed E-state index contributed by atoms with van der Waals surface area (Å²) in [6, 6.07) is 4.89. The first kappa shape index (κ1) is 15.6. The van der Waals surface area contributed by atoms with E-state index in [2.05, 4.69) is 10.6 Å². The van der Waals surface area contributed by atoms with Crippen LogP contribution in [-0.4, -0.2) is 37.4 Å². The molecule has 6 heteroatoms. The van der Waals surface area contributed by atoms with Crippen LogP contribution in [0.2, 0.25) is 5.02 Å². The molecule has 0 atom stereocenters. The number of hydrogen-bond donors (Lipinski definition) is 3. The second-order valence-electron chi connectivity index (χ2n) is 5.18. The molecule has 3 N–H and O–H groups in total. The molecule has 0 saturated heterocycles. The number of amides is 2. The normalized spacial score (nSPS) is 11.1. The van der Waals surface area contributed by atoms with Crippen LogP contribution in [0.15, 0.2) is 18.2 Å². The largest absolute Gasteiger partial charge is 0.394 e. The molecule has 2 amide bonds. The minimum absolute atomic E-state index is 0.142. The highest BCUT2D eigenvalue weighted by molar-refractivity contribution is 6.31. The Bertz CT molecular complexity index is 461. The summed E-state index contributed by atoms with van der Waals surface area (Å²) >= 11 is 5.94. The van der Waals surface area contributed by atoms with E-state index >= 15 is 0 Å². The number of halogens is 1. The second kappa shape index (κ2) is 6.12. The zero-order valence-electron chi connectivity index (χ0n) is 11.6. The molecule has 5 nitrogen and oxygen atoms in total. The smallest absolute Gasteiger partial charge is 0.319 e. The van der Waals surface area contributed by atoms with Gasteiger partial charge in [0.1, 0.15) is 0 Å². The molecular weight excluding hydrogens is 266 g/mol. The van der Waals surface area contributed by atoms with Crippen molar-refractivity contribution in [1.29, 1.82) is 0 Å². The molecule has 0 heterocycles. The third-order valence-corrected chi connectivity index (χ3v) is 2.77. The number of carbonyl (C=O) groups excluding carboxylic acids is 1. The van der Waals surface area contributed by atoms with Gasteiger partial charge in [0.05, 0.1) is 23.5 Å². The van der Waals surface area contributed by atoms with Crippen molar-refractivity contribution < 1.29 is 9.90 Å². The fourth-order valence-electron chi connectivity index (χ4n) is 1.50. The number of benzene rings is 1. The molecule has 19 heavy (non-hydrogen) atoms. The average molecular weight is 286 g/mol. The lowest BCUT2D eigenvalue weighted by Gasteiger charge is -2.25. The number of aliphatic hydroxyl groups is 1. The topological polar surface area (TPSA) is 64.6 Å². The first-order valence-corrected chi connectivity index (χ1v) is 6.30. The van der Waals surface area contributed by atoms with Crippen LogP contribution in [0.4, 0.5) is 16.2 Å². The summed E-state index contributed by atoms with van der Waals surface area (Å²) in [6.07, 6.45) is 0. The Balaban J connectivity index is 2.87. The fourth-order valence-corrected chi connectivity index (χ4v) is 1.67. The van der Waals surface area contributed by atoms with Gasteiger partial charge >= 0.3 is 6.03 Å². The van der Waals surface area contributed by atoms with Gasteiger partial charge in [-0.15, -0.1) is 0 Å². The van der Waals surface area contributed by atoms with Crippen LogP contribution in [0, 0.1) is 0 Å². The maximum absolute atomic E-state index is 11.9. The Hall–Kier alpha value is -1.46. The van der Waals surface area contributed by atoms with Crippen LogP contribution in [0.1, 0.15) is 13.8 Å². The van der Waals surface area contributed by atoms with E-state index in [0.717, 1.165) is 5.69 Å². The van der Waals surface area contributed by atoms with E-state index in [1.54, 1.807) is 26.0 Å². The van der Waals surface area contributed by atoms with E-state index in [1.165, 1.54) is 0 Å². The average Bonchev–Trinajstić information content (AvgIpc) is 2.27. The van der Waals surface area contributed by atoms with E-state index in [4.69, 9.17) is 16.7 Å². The van der Waals surface area contributed by atoms with Crippen LogP contribution < -0.4 is 15.5 Å². The molecule has 0 fully saturated rings. The zero-order valence-corrected chi connectivity index (χ0v) is 12.4. The third-order valence-electron chi connectivity index (χ3n) is 2.54. The standard InChI is InChI=1S/C13H20ClN3O2/c1-13(2,8-18)16-12(19)15-10-7-9(14)5-6-11(10)17(3)4/h5-7,18H,8H2,1-4H3,(H2,15,16,19). The van der Waals surface area contributed by atoms with Gasteiger partial charge in [-0.05, 0) is 32.0 Å². The molecular formula is C13H20ClN3O2. The van der Waals surface area contributed by atoms with Crippen LogP contribution in [0.3, 0.4) is 0 Å². The van der Waals surface area contributed by atoms with Crippen molar-refractivity contribution in [2.75, 3.05) is 30.9 Å². The molecule has 1 aromatic carbocycles. The van der Waals surface area contributed by atoms with Gasteiger partial charge in [-0.1, -0.05) is 11.6 Å². The van der Waals surface area contributed by atoms with E-state index in [1.807, 2.05) is 25.1 Å². The van der Waals surface area contributed by atoms with Gasteiger partial charge in [-0.3, -0.25) is 0 Å². The number of nitrogens with one attached hydrogen (secondary N) is 2. The Morgan fingerprint density at radius 3 is 2.58 bits per heavy atom. The first-order chi connectivity index (χ1) is 8.75. The van der Waals surface area contributed by atoms with Gasteiger partial charge in [0.25, 0.3) is 0 Å². The highest BCUT2D eigenvalue weighted by atomic mass is 35.5. The van der Waals surface area contributed by atoms with Crippen molar-refractivity contribution in [1.82, 2.24) is 5.32 Å². The molecule has 106 valence electrons. The minimum atomic E-state index is -0.680. The van der Waals surface area contributed by atoms with Gasteiger partial charge < -0.3 is 20.6 Å². The van der Waals surface area contributed by atoms with Crippen molar-refractivity contribution in [2.45, 2.75) is 19.4 Å². The second-order valence-corrected chi connectivity index (χ2v) is 5.61. The Labute approximate surface area is 118 Å². The maximum Gasteiger partial charge on any atom is 0.319 e. The highest BCUT2D eigenvalue weighted by Crippen LogP contribution is 2.27. The lowest BCUT2D eigenvalue weighted by atomic mass is 10.1. The zero-order chi connectivity index (χ0) is 14.6. The SMILES string of the molecule is CN(C)c1ccc(Cl)cc1NC(=O)NC(C)(C)CO. The number of hydrogen-bond acceptors (Lipinski definition) is 3. The molecule has 0 radical (unpaired) electrons. The van der Waals surface area contributed by atoms with Gasteiger partial charge in [0.2, 0.25) is 0 Å². The minimum Gasteiger partial charge on any atom is -0.394 e. The number of carbonyl (C=O) groups is 1. The van der Waals surface area contributed by atoms with Crippen LogP contribution >= 0.6 is 11.6 Å². The van der Waals surface area contributed by atoms with Crippen molar-refractivity contribution in [3.05, 3.63) is 23.2 Å². The van der Waals surface area contributed by atoms with Gasteiger partial charge in [-0.2, -0.15) is 0 Å². The molecule has 0 aliphatic heterocycles. The lowest BCUT2D eigenvalue weighted by Crippen LogP contribution is -2.48. The van der Waals surface area contributed by atoms with E-state index < -0.39 is 5.54 Å². The van der Waals surface area contributed by atoms with Gasteiger partial charge in [0.15, 0.2) is 0 Å². The monoisotopic (exact) mass is 285 g/mol. The molecule has 0 bridgehead atoms. The predicted octanol–water partition coefficient (Wildman–Crippen LogP) is 2.30. The highest BCUT2D eigenvalue weighted by Gasteiger charge is 2.19. The van der Waals surface area contributed by atoms with Crippen molar-refractivity contribution in [3.63, 3.8) is 0 Å². The molecule has 0 aromatic heterocycles. The fraction of sp³-hybridized carbons (Fsp3) is 0.462. The van der Waals surface area contributed by atoms with Gasteiger partial charge in [-0.25, -0.2) is 4.79 Å². The molecule has 0 aliphatic carbocycles. The van der Waals surface area contributed by atoms with E-state index in [0.29, 0.717) is 10.7 Å². The summed E-state index contributed by atoms with van der Waals surface area (Å²) in [5.41, 5.74) is 0.783. The van der Waals surface area contributed by atoms with E-state index in [-0.39, 0.29) is 12.6 Å². The Morgan fingerprint density at radius 2 is 2.05 bits per heavy atom. The lowest BCUT2D eigenvalue weighted by molar-refractivity contribution is 0.187. The summed E-state index contributed by atoms with van der Waals surface area (Å²) < 4.78 is 0. The van der Waals surface area contributed by atoms with Crippen LogP contribution in [-0.2, 0) is 0 Å². The van der Waals surface area contributed by atoms with Crippen molar-refractivity contribution in [3.8, 4) is 0 Å². The van der Waals surface area contributed by atoms with Crippen LogP contribution in [0.5, 0.6) is 0 Å². The number of aliphatic hydroxyl groups excluding tert-OH is 1. The number of nitrogens with zero attached hydrogens (tertiary/aromatic N) is 1. The number of urea groups is 1. The van der Waals surface area contributed by atoms with Crippen molar-refractivity contribution in [2.24, 2.45) is 0 Å². The first-order valence-electron chi connectivity index (χ1n) is 5.92. The number of rotatable bonds is 4. The van der Waals surface area contributed by atoms with Crippen molar-refractivity contribution >= 4 is 29.0 Å². The Kier molecular flexibility index (Phi) is 5.03. The van der Waals surface area contributed by atoms with Gasteiger partial charge in [0, 0.05) is 19.1 Å². The molecule has 0 unspecified atom stereocenters. The summed E-state index contributed by atoms with van der Waals surface area (Å²) in [7, 11) is 3.76.